The highest BCUT2D eigenvalue weighted by molar-refractivity contribution is 5.80. The third-order valence-corrected chi connectivity index (χ3v) is 7.41. The number of hydrogen-bond donors (Lipinski definition) is 1. The van der Waals surface area contributed by atoms with Crippen LogP contribution in [0.4, 0.5) is 0 Å². The molecule has 0 aliphatic carbocycles. The molecule has 1 aliphatic heterocycles. The molecule has 3 heterocycles. The summed E-state index contributed by atoms with van der Waals surface area (Å²) in [7, 11) is 0. The van der Waals surface area contributed by atoms with Gasteiger partial charge in [-0.15, -0.1) is 5.10 Å². The van der Waals surface area contributed by atoms with E-state index >= 15 is 0 Å². The second-order valence-corrected chi connectivity index (χ2v) is 9.79. The fraction of sp³-hybridized carbons (Fsp3) is 0.414. The second kappa shape index (κ2) is 11.7. The van der Waals surface area contributed by atoms with Gasteiger partial charge in [0.1, 0.15) is 6.04 Å². The van der Waals surface area contributed by atoms with Crippen molar-refractivity contribution in [2.75, 3.05) is 19.7 Å². The molecule has 1 atom stereocenters. The molecule has 1 N–H and O–H groups in total. The van der Waals surface area contributed by atoms with Gasteiger partial charge in [0.05, 0.1) is 12.5 Å². The number of esters is 1. The standard InChI is InChI=1S/C29H34N6O3/c1-3-20-10-11-25-23(18-20)19-24(28(36)30-25)26(34-15-13-22(14-16-34)29(37)38-4-2)27-31-32-33-35(27)17-12-21-8-6-5-7-9-21/h5-11,18-19,22,26H,3-4,12-17H2,1-2H3,(H,30,36)/t26-/m0/s1. The Morgan fingerprint density at radius 3 is 2.61 bits per heavy atom. The number of carbonyl (C=O) groups excluding carboxylic acids is 1. The van der Waals surface area contributed by atoms with Gasteiger partial charge in [-0.1, -0.05) is 43.3 Å². The average Bonchev–Trinajstić information content (AvgIpc) is 3.41. The van der Waals surface area contributed by atoms with E-state index in [4.69, 9.17) is 4.74 Å². The first kappa shape index (κ1) is 25.8. The summed E-state index contributed by atoms with van der Waals surface area (Å²) in [5, 5.41) is 13.7. The molecule has 0 saturated carbocycles. The Labute approximate surface area is 221 Å². The van der Waals surface area contributed by atoms with Crippen molar-refractivity contribution in [3.8, 4) is 0 Å². The molecule has 5 rings (SSSR count). The van der Waals surface area contributed by atoms with Crippen LogP contribution < -0.4 is 5.56 Å². The van der Waals surface area contributed by atoms with Gasteiger partial charge in [0.15, 0.2) is 5.82 Å². The van der Waals surface area contributed by atoms with Gasteiger partial charge in [-0.2, -0.15) is 0 Å². The van der Waals surface area contributed by atoms with Crippen LogP contribution in [0.2, 0.25) is 0 Å². The van der Waals surface area contributed by atoms with Crippen molar-refractivity contribution in [2.24, 2.45) is 5.92 Å². The van der Waals surface area contributed by atoms with Crippen LogP contribution in [0, 0.1) is 5.92 Å². The maximum Gasteiger partial charge on any atom is 0.309 e. The Hall–Kier alpha value is -3.85. The highest BCUT2D eigenvalue weighted by Gasteiger charge is 2.35. The lowest BCUT2D eigenvalue weighted by Gasteiger charge is -2.36. The number of carbonyl (C=O) groups is 1. The predicted octanol–water partition coefficient (Wildman–Crippen LogP) is 3.68. The molecule has 1 fully saturated rings. The monoisotopic (exact) mass is 514 g/mol. The topological polar surface area (TPSA) is 106 Å². The Morgan fingerprint density at radius 2 is 1.87 bits per heavy atom. The molecule has 1 saturated heterocycles. The maximum absolute atomic E-state index is 13.5. The molecule has 4 aromatic rings. The van der Waals surface area contributed by atoms with Crippen LogP contribution in [0.3, 0.4) is 0 Å². The van der Waals surface area contributed by atoms with Gasteiger partial charge in [0.25, 0.3) is 5.56 Å². The molecule has 9 nitrogen and oxygen atoms in total. The number of tetrazole rings is 1. The first-order valence-electron chi connectivity index (χ1n) is 13.4. The Kier molecular flexibility index (Phi) is 7.93. The molecule has 9 heteroatoms. The molecule has 0 spiro atoms. The summed E-state index contributed by atoms with van der Waals surface area (Å²) in [6.45, 7) is 6.18. The first-order valence-corrected chi connectivity index (χ1v) is 13.4. The van der Waals surface area contributed by atoms with Crippen LogP contribution in [0.25, 0.3) is 10.9 Å². The minimum absolute atomic E-state index is 0.136. The molecule has 0 bridgehead atoms. The van der Waals surface area contributed by atoms with Gasteiger partial charge >= 0.3 is 5.97 Å². The third kappa shape index (κ3) is 5.52. The molecule has 0 amide bonds. The number of aromatic amines is 1. The van der Waals surface area contributed by atoms with Gasteiger partial charge in [-0.05, 0) is 77.7 Å². The lowest BCUT2D eigenvalue weighted by atomic mass is 9.93. The molecule has 2 aromatic heterocycles. The SMILES string of the molecule is CCOC(=O)C1CCN([C@@H](c2cc3cc(CC)ccc3[nH]c2=O)c2nnnn2CCc2ccccc2)CC1. The van der Waals surface area contributed by atoms with E-state index in [1.807, 2.05) is 43.3 Å². The van der Waals surface area contributed by atoms with Crippen molar-refractivity contribution < 1.29 is 9.53 Å². The number of rotatable bonds is 9. The number of fused-ring (bicyclic) bond motifs is 1. The van der Waals surface area contributed by atoms with Crippen LogP contribution in [0.15, 0.2) is 59.4 Å². The summed E-state index contributed by atoms with van der Waals surface area (Å²) in [6, 6.07) is 17.9. The number of benzene rings is 2. The van der Waals surface area contributed by atoms with Crippen LogP contribution in [0.5, 0.6) is 0 Å². The zero-order valence-corrected chi connectivity index (χ0v) is 22.0. The summed E-state index contributed by atoms with van der Waals surface area (Å²) in [5.74, 6) is 0.349. The highest BCUT2D eigenvalue weighted by atomic mass is 16.5. The van der Waals surface area contributed by atoms with Gasteiger partial charge in [0.2, 0.25) is 0 Å². The van der Waals surface area contributed by atoms with Gasteiger partial charge < -0.3 is 9.72 Å². The Morgan fingerprint density at radius 1 is 1.08 bits per heavy atom. The molecule has 2 aromatic carbocycles. The number of nitrogens with one attached hydrogen (secondary N) is 1. The number of ether oxygens (including phenoxy) is 1. The lowest BCUT2D eigenvalue weighted by molar-refractivity contribution is -0.149. The zero-order valence-electron chi connectivity index (χ0n) is 22.0. The van der Waals surface area contributed by atoms with Crippen molar-refractivity contribution in [3.63, 3.8) is 0 Å². The summed E-state index contributed by atoms with van der Waals surface area (Å²) in [5.41, 5.74) is 3.65. The average molecular weight is 515 g/mol. The molecular weight excluding hydrogens is 480 g/mol. The fourth-order valence-electron chi connectivity index (χ4n) is 5.29. The number of pyridine rings is 1. The van der Waals surface area contributed by atoms with Crippen LogP contribution in [0.1, 0.15) is 55.2 Å². The summed E-state index contributed by atoms with van der Waals surface area (Å²) in [6.07, 6.45) is 3.00. The van der Waals surface area contributed by atoms with Crippen molar-refractivity contribution in [1.29, 1.82) is 0 Å². The van der Waals surface area contributed by atoms with E-state index in [0.29, 0.717) is 50.5 Å². The van der Waals surface area contributed by atoms with E-state index in [2.05, 4.69) is 50.5 Å². The predicted molar refractivity (Wildman–Crippen MR) is 145 cm³/mol. The molecule has 198 valence electrons. The van der Waals surface area contributed by atoms with E-state index in [1.165, 1.54) is 11.1 Å². The Bertz CT molecular complexity index is 1440. The van der Waals surface area contributed by atoms with Crippen LogP contribution >= 0.6 is 0 Å². The number of likely N-dealkylation sites (tertiary alicyclic amines) is 1. The quantitative estimate of drug-likeness (QED) is 0.340. The summed E-state index contributed by atoms with van der Waals surface area (Å²) >= 11 is 0. The summed E-state index contributed by atoms with van der Waals surface area (Å²) < 4.78 is 7.07. The van der Waals surface area contributed by atoms with E-state index < -0.39 is 6.04 Å². The van der Waals surface area contributed by atoms with E-state index in [-0.39, 0.29) is 17.4 Å². The number of aryl methyl sites for hydroxylation is 3. The fourth-order valence-corrected chi connectivity index (χ4v) is 5.29. The third-order valence-electron chi connectivity index (χ3n) is 7.41. The normalized spacial score (nSPS) is 15.5. The molecule has 0 unspecified atom stereocenters. The largest absolute Gasteiger partial charge is 0.466 e. The van der Waals surface area contributed by atoms with E-state index in [0.717, 1.165) is 23.7 Å². The number of H-pyrrole nitrogens is 1. The van der Waals surface area contributed by atoms with Gasteiger partial charge in [-0.25, -0.2) is 4.68 Å². The number of nitrogens with zero attached hydrogens (tertiary/aromatic N) is 5. The Balaban J connectivity index is 1.51. The number of hydrogen-bond acceptors (Lipinski definition) is 7. The number of piperidine rings is 1. The zero-order chi connectivity index (χ0) is 26.5. The molecular formula is C29H34N6O3. The molecule has 1 aliphatic rings. The van der Waals surface area contributed by atoms with Gasteiger partial charge in [-0.3, -0.25) is 14.5 Å². The minimum Gasteiger partial charge on any atom is -0.466 e. The maximum atomic E-state index is 13.5. The molecule has 38 heavy (non-hydrogen) atoms. The molecule has 0 radical (unpaired) electrons. The smallest absolute Gasteiger partial charge is 0.309 e. The first-order chi connectivity index (χ1) is 18.6. The van der Waals surface area contributed by atoms with Crippen molar-refractivity contribution in [3.05, 3.63) is 87.5 Å². The van der Waals surface area contributed by atoms with E-state index in [9.17, 15) is 9.59 Å². The van der Waals surface area contributed by atoms with Crippen molar-refractivity contribution >= 4 is 16.9 Å². The summed E-state index contributed by atoms with van der Waals surface area (Å²) in [4.78, 5) is 31.2. The van der Waals surface area contributed by atoms with Crippen molar-refractivity contribution in [1.82, 2.24) is 30.1 Å². The van der Waals surface area contributed by atoms with Crippen LogP contribution in [-0.4, -0.2) is 55.8 Å². The van der Waals surface area contributed by atoms with Crippen molar-refractivity contribution in [2.45, 2.75) is 52.1 Å². The number of aromatic nitrogens is 5. The van der Waals surface area contributed by atoms with Gasteiger partial charge in [0, 0.05) is 30.7 Å². The van der Waals surface area contributed by atoms with Crippen LogP contribution in [-0.2, 0) is 28.9 Å². The van der Waals surface area contributed by atoms with E-state index in [1.54, 1.807) is 4.68 Å². The highest BCUT2D eigenvalue weighted by Crippen LogP contribution is 2.31. The minimum atomic E-state index is -0.442. The lowest BCUT2D eigenvalue weighted by Crippen LogP contribution is -2.42. The second-order valence-electron chi connectivity index (χ2n) is 9.79.